The van der Waals surface area contributed by atoms with Crippen LogP contribution in [0.5, 0.6) is 0 Å². The highest BCUT2D eigenvalue weighted by molar-refractivity contribution is 6.30. The number of rotatable bonds is 9. The maximum Gasteiger partial charge on any atom is 0.414 e. The fraction of sp³-hybridized carbons (Fsp3) is 0.225. The van der Waals surface area contributed by atoms with E-state index in [0.29, 0.717) is 61.4 Å². The van der Waals surface area contributed by atoms with Crippen molar-refractivity contribution >= 4 is 29.1 Å². The van der Waals surface area contributed by atoms with Gasteiger partial charge in [-0.15, -0.1) is 5.10 Å². The van der Waals surface area contributed by atoms with Crippen molar-refractivity contribution in [3.8, 4) is 28.2 Å². The summed E-state index contributed by atoms with van der Waals surface area (Å²) < 4.78 is 40.0. The van der Waals surface area contributed by atoms with Crippen LogP contribution in [0.1, 0.15) is 11.3 Å². The molecule has 2 fully saturated rings. The number of piperazine rings is 1. The van der Waals surface area contributed by atoms with E-state index in [9.17, 15) is 4.79 Å². The van der Waals surface area contributed by atoms with E-state index in [1.165, 1.54) is 17.0 Å². The van der Waals surface area contributed by atoms with E-state index in [1.807, 2.05) is 83.3 Å². The van der Waals surface area contributed by atoms with Crippen molar-refractivity contribution in [2.75, 3.05) is 42.5 Å². The van der Waals surface area contributed by atoms with Crippen molar-refractivity contribution in [3.05, 3.63) is 137 Å². The molecule has 264 valence electrons. The predicted molar refractivity (Wildman–Crippen MR) is 198 cm³/mol. The summed E-state index contributed by atoms with van der Waals surface area (Å²) in [5.41, 5.74) is 6.90. The second kappa shape index (κ2) is 14.2. The average molecular weight is 720 g/mol. The highest BCUT2D eigenvalue weighted by Crippen LogP contribution is 2.34. The lowest BCUT2D eigenvalue weighted by atomic mass is 10.1. The zero-order chi connectivity index (χ0) is 35.8. The van der Waals surface area contributed by atoms with Gasteiger partial charge >= 0.3 is 6.09 Å². The van der Waals surface area contributed by atoms with Gasteiger partial charge in [0.05, 0.1) is 42.0 Å². The van der Waals surface area contributed by atoms with Gasteiger partial charge in [-0.3, -0.25) is 9.80 Å². The molecule has 0 N–H and O–H groups in total. The zero-order valence-corrected chi connectivity index (χ0v) is 29.3. The minimum Gasteiger partial charge on any atom is -0.442 e. The Balaban J connectivity index is 0.918. The quantitative estimate of drug-likeness (QED) is 0.151. The van der Waals surface area contributed by atoms with Crippen LogP contribution in [-0.4, -0.2) is 69.4 Å². The molecule has 2 aliphatic heterocycles. The maximum atomic E-state index is 15.7. The van der Waals surface area contributed by atoms with Gasteiger partial charge in [-0.1, -0.05) is 71.4 Å². The smallest absolute Gasteiger partial charge is 0.414 e. The molecular formula is C40H36ClF2N7O2. The molecule has 4 heterocycles. The first-order valence-electron chi connectivity index (χ1n) is 17.2. The van der Waals surface area contributed by atoms with E-state index in [1.54, 1.807) is 28.9 Å². The Morgan fingerprint density at radius 1 is 0.827 bits per heavy atom. The van der Waals surface area contributed by atoms with Crippen LogP contribution >= 0.6 is 11.6 Å². The van der Waals surface area contributed by atoms with Crippen LogP contribution in [0.2, 0.25) is 5.02 Å². The third-order valence-electron chi connectivity index (χ3n) is 9.79. The molecule has 1 atom stereocenters. The van der Waals surface area contributed by atoms with E-state index >= 15 is 8.78 Å². The van der Waals surface area contributed by atoms with E-state index in [4.69, 9.17) is 16.3 Å². The molecule has 2 aromatic heterocycles. The van der Waals surface area contributed by atoms with Crippen molar-refractivity contribution in [3.63, 3.8) is 0 Å². The molecule has 0 saturated carbocycles. The van der Waals surface area contributed by atoms with Gasteiger partial charge in [-0.2, -0.15) is 0 Å². The first kappa shape index (κ1) is 33.6. The Labute approximate surface area is 305 Å². The number of hydrogen-bond donors (Lipinski definition) is 0. The number of carbonyl (C=O) groups excluding carboxylic acids is 1. The van der Waals surface area contributed by atoms with E-state index < -0.39 is 18.0 Å². The lowest BCUT2D eigenvalue weighted by Crippen LogP contribution is -2.46. The molecule has 0 spiro atoms. The van der Waals surface area contributed by atoms with Gasteiger partial charge < -0.3 is 14.2 Å². The summed E-state index contributed by atoms with van der Waals surface area (Å²) in [6.07, 6.45) is 0.843. The van der Waals surface area contributed by atoms with Crippen molar-refractivity contribution < 1.29 is 18.3 Å². The molecule has 2 aliphatic rings. The third kappa shape index (κ3) is 6.77. The van der Waals surface area contributed by atoms with Gasteiger partial charge in [0.15, 0.2) is 0 Å². The average Bonchev–Trinajstić information content (AvgIpc) is 3.86. The number of anilines is 2. The Bertz CT molecular complexity index is 2230. The lowest BCUT2D eigenvalue weighted by molar-refractivity contribution is 0.129. The van der Waals surface area contributed by atoms with Gasteiger partial charge in [-0.25, -0.2) is 18.3 Å². The number of para-hydroxylation sites is 1. The number of halogens is 3. The summed E-state index contributed by atoms with van der Waals surface area (Å²) in [6, 6.07) is 31.1. The van der Waals surface area contributed by atoms with Gasteiger partial charge in [0.25, 0.3) is 0 Å². The van der Waals surface area contributed by atoms with Gasteiger partial charge in [0.2, 0.25) is 0 Å². The molecule has 4 aromatic carbocycles. The summed E-state index contributed by atoms with van der Waals surface area (Å²) >= 11 is 6.35. The molecular weight excluding hydrogens is 684 g/mol. The first-order valence-corrected chi connectivity index (χ1v) is 17.6. The summed E-state index contributed by atoms with van der Waals surface area (Å²) in [6.45, 7) is 5.96. The minimum absolute atomic E-state index is 0.272. The molecule has 12 heteroatoms. The Hall–Kier alpha value is -5.52. The minimum atomic E-state index is -0.521. The summed E-state index contributed by atoms with van der Waals surface area (Å²) in [5, 5.41) is 9.04. The Morgan fingerprint density at radius 2 is 1.60 bits per heavy atom. The van der Waals surface area contributed by atoms with Crippen LogP contribution in [0.15, 0.2) is 109 Å². The SMILES string of the molecule is Cc1c(CN2CCN(c3ccc(N4C[C@H](Cn5cc(-c6ccccc6)nn5)OC4=O)cc3F)CC2)cc(-c2cccc(Cl)c2)n1-c1ccccc1F. The van der Waals surface area contributed by atoms with Crippen LogP contribution in [0, 0.1) is 18.6 Å². The number of nitrogens with zero attached hydrogens (tertiary/aromatic N) is 7. The molecule has 0 bridgehead atoms. The van der Waals surface area contributed by atoms with Crippen LogP contribution in [-0.2, 0) is 17.8 Å². The molecule has 0 unspecified atom stereocenters. The summed E-state index contributed by atoms with van der Waals surface area (Å²) in [4.78, 5) is 18.6. The number of amides is 1. The Morgan fingerprint density at radius 3 is 2.37 bits per heavy atom. The lowest BCUT2D eigenvalue weighted by Gasteiger charge is -2.36. The number of ether oxygens (including phenoxy) is 1. The monoisotopic (exact) mass is 719 g/mol. The predicted octanol–water partition coefficient (Wildman–Crippen LogP) is 7.99. The highest BCUT2D eigenvalue weighted by Gasteiger charge is 2.34. The maximum absolute atomic E-state index is 15.7. The van der Waals surface area contributed by atoms with E-state index in [-0.39, 0.29) is 12.4 Å². The van der Waals surface area contributed by atoms with Crippen LogP contribution in [0.4, 0.5) is 25.0 Å². The molecule has 52 heavy (non-hydrogen) atoms. The molecule has 6 aromatic rings. The number of hydrogen-bond acceptors (Lipinski definition) is 6. The third-order valence-corrected chi connectivity index (χ3v) is 10.0. The number of cyclic esters (lactones) is 1. The zero-order valence-electron chi connectivity index (χ0n) is 28.5. The standard InChI is InChI=1S/C40H36ClF2N7O2/c1-27-30(21-39(29-10-7-11-31(41)20-29)50(27)38-13-6-5-12-34(38)42)23-46-16-18-47(19-17-46)37-15-14-32(22-35(37)43)49-25-33(52-40(49)51)24-48-26-36(44-45-48)28-8-3-2-4-9-28/h2-15,20-22,26,33H,16-19,23-25H2,1H3/t33-/m0/s1. The van der Waals surface area contributed by atoms with Crippen LogP contribution in [0.25, 0.3) is 28.2 Å². The van der Waals surface area contributed by atoms with Crippen molar-refractivity contribution in [2.24, 2.45) is 0 Å². The molecule has 1 amide bonds. The van der Waals surface area contributed by atoms with Crippen molar-refractivity contribution in [1.82, 2.24) is 24.5 Å². The fourth-order valence-corrected chi connectivity index (χ4v) is 7.29. The molecule has 0 radical (unpaired) electrons. The van der Waals surface area contributed by atoms with Crippen LogP contribution < -0.4 is 9.80 Å². The number of aromatic nitrogens is 4. The van der Waals surface area contributed by atoms with Gasteiger partial charge in [-0.05, 0) is 66.6 Å². The van der Waals surface area contributed by atoms with Crippen LogP contribution in [0.3, 0.4) is 0 Å². The van der Waals surface area contributed by atoms with Crippen molar-refractivity contribution in [1.29, 1.82) is 0 Å². The highest BCUT2D eigenvalue weighted by atomic mass is 35.5. The second-order valence-electron chi connectivity index (χ2n) is 13.1. The molecule has 2 saturated heterocycles. The topological polar surface area (TPSA) is 71.7 Å². The van der Waals surface area contributed by atoms with Gasteiger partial charge in [0.1, 0.15) is 23.4 Å². The summed E-state index contributed by atoms with van der Waals surface area (Å²) in [7, 11) is 0. The summed E-state index contributed by atoms with van der Waals surface area (Å²) in [5.74, 6) is -0.696. The van der Waals surface area contributed by atoms with Gasteiger partial charge in [0, 0.05) is 49.0 Å². The molecule has 0 aliphatic carbocycles. The second-order valence-corrected chi connectivity index (χ2v) is 13.6. The number of benzene rings is 4. The van der Waals surface area contributed by atoms with E-state index in [0.717, 1.165) is 33.8 Å². The normalized spacial score (nSPS) is 16.5. The van der Waals surface area contributed by atoms with E-state index in [2.05, 4.69) is 21.3 Å². The fourth-order valence-electron chi connectivity index (χ4n) is 7.09. The Kier molecular flexibility index (Phi) is 9.21. The molecule has 9 nitrogen and oxygen atoms in total. The number of carbonyl (C=O) groups is 1. The largest absolute Gasteiger partial charge is 0.442 e. The first-order chi connectivity index (χ1) is 25.3. The van der Waals surface area contributed by atoms with Crippen molar-refractivity contribution in [2.45, 2.75) is 26.1 Å². The molecule has 8 rings (SSSR count).